The molecule has 0 aliphatic heterocycles. The summed E-state index contributed by atoms with van der Waals surface area (Å²) < 4.78 is 18.6. The van der Waals surface area contributed by atoms with Crippen LogP contribution in [0.25, 0.3) is 21.9 Å². The summed E-state index contributed by atoms with van der Waals surface area (Å²) in [6, 6.07) is 25.7. The van der Waals surface area contributed by atoms with Gasteiger partial charge in [0.1, 0.15) is 5.58 Å². The molecule has 3 heterocycles. The summed E-state index contributed by atoms with van der Waals surface area (Å²) in [5.41, 5.74) is 8.33. The van der Waals surface area contributed by atoms with E-state index in [1.165, 1.54) is 31.9 Å². The highest BCUT2D eigenvalue weighted by Crippen LogP contribution is 2.34. The number of hydrogen-bond donors (Lipinski definition) is 2. The molecule has 0 bridgehead atoms. The molecular formula is C45H44N6O6. The third kappa shape index (κ3) is 8.71. The first-order chi connectivity index (χ1) is 27.5. The molecule has 7 rings (SSSR count). The van der Waals surface area contributed by atoms with E-state index in [1.807, 2.05) is 62.2 Å². The Morgan fingerprint density at radius 3 is 2.25 bits per heavy atom. The maximum Gasteiger partial charge on any atom is 0.291 e. The average molecular weight is 765 g/mol. The van der Waals surface area contributed by atoms with Crippen molar-refractivity contribution in [3.05, 3.63) is 152 Å². The van der Waals surface area contributed by atoms with Crippen LogP contribution in [0.2, 0.25) is 0 Å². The third-order valence-electron chi connectivity index (χ3n) is 9.89. The predicted molar refractivity (Wildman–Crippen MR) is 221 cm³/mol. The number of amides is 2. The zero-order valence-electron chi connectivity index (χ0n) is 32.8. The van der Waals surface area contributed by atoms with Gasteiger partial charge in [0, 0.05) is 62.3 Å². The molecule has 2 N–H and O–H groups in total. The van der Waals surface area contributed by atoms with Crippen molar-refractivity contribution in [3.8, 4) is 11.5 Å². The fraction of sp³-hybridized carbons (Fsp3) is 0.222. The van der Waals surface area contributed by atoms with Crippen molar-refractivity contribution in [2.75, 3.05) is 31.4 Å². The van der Waals surface area contributed by atoms with Crippen LogP contribution in [0.3, 0.4) is 0 Å². The van der Waals surface area contributed by atoms with E-state index >= 15 is 0 Å². The molecule has 0 saturated heterocycles. The number of pyridine rings is 1. The number of rotatable bonds is 13. The smallest absolute Gasteiger partial charge is 0.291 e. The summed E-state index contributed by atoms with van der Waals surface area (Å²) in [7, 11) is 4.88. The Morgan fingerprint density at radius 2 is 1.49 bits per heavy atom. The van der Waals surface area contributed by atoms with E-state index in [0.717, 1.165) is 71.0 Å². The number of carbonyl (C=O) groups excluding carboxylic acids is 2. The van der Waals surface area contributed by atoms with Crippen LogP contribution in [0.4, 0.5) is 11.4 Å². The van der Waals surface area contributed by atoms with Gasteiger partial charge in [0.15, 0.2) is 22.7 Å². The van der Waals surface area contributed by atoms with Crippen LogP contribution >= 0.6 is 0 Å². The first-order valence-corrected chi connectivity index (χ1v) is 18.5. The number of nitrogens with one attached hydrogen (secondary N) is 2. The molecule has 0 saturated carbocycles. The lowest BCUT2D eigenvalue weighted by Gasteiger charge is -2.23. The van der Waals surface area contributed by atoms with E-state index in [0.29, 0.717) is 22.6 Å². The van der Waals surface area contributed by atoms with Crippen LogP contribution in [-0.2, 0) is 26.6 Å². The van der Waals surface area contributed by atoms with E-state index < -0.39 is 11.8 Å². The first kappa shape index (κ1) is 38.5. The molecule has 0 atom stereocenters. The minimum atomic E-state index is -0.708. The summed E-state index contributed by atoms with van der Waals surface area (Å²) in [5.74, 6) is -0.810. The van der Waals surface area contributed by atoms with E-state index in [1.54, 1.807) is 18.2 Å². The summed E-state index contributed by atoms with van der Waals surface area (Å²) in [6.45, 7) is 8.23. The van der Waals surface area contributed by atoms with E-state index in [4.69, 9.17) is 13.9 Å². The molecule has 0 unspecified atom stereocenters. The van der Waals surface area contributed by atoms with E-state index in [2.05, 4.69) is 56.8 Å². The lowest BCUT2D eigenvalue weighted by Crippen LogP contribution is -2.25. The third-order valence-corrected chi connectivity index (χ3v) is 9.89. The zero-order valence-corrected chi connectivity index (χ0v) is 32.8. The summed E-state index contributed by atoms with van der Waals surface area (Å²) in [4.78, 5) is 46.9. The Hall–Kier alpha value is -6.79. The van der Waals surface area contributed by atoms with Gasteiger partial charge in [-0.1, -0.05) is 35.9 Å². The van der Waals surface area contributed by atoms with Crippen molar-refractivity contribution < 1.29 is 23.5 Å². The SMILES string of the molecule is COc1cc(NC(=O)c2cc(=O)c3cc(C)ccc3o2)c(C(=O)Nc2ccc(CCN(Cc3cncc(C)c3)Cc3ccc4c(c3)c(C)nn4C)cc2)cc1OC. The predicted octanol–water partition coefficient (Wildman–Crippen LogP) is 7.77. The molecule has 0 aliphatic rings. The lowest BCUT2D eigenvalue weighted by molar-refractivity contribution is 0.0997. The van der Waals surface area contributed by atoms with Crippen LogP contribution in [-0.4, -0.2) is 52.2 Å². The van der Waals surface area contributed by atoms with Crippen LogP contribution in [0, 0.1) is 20.8 Å². The second kappa shape index (κ2) is 16.5. The highest BCUT2D eigenvalue weighted by Gasteiger charge is 2.21. The number of carbonyl (C=O) groups is 2. The number of ether oxygens (including phenoxy) is 2. The van der Waals surface area contributed by atoms with Crippen molar-refractivity contribution >= 4 is 45.1 Å². The normalized spacial score (nSPS) is 11.3. The average Bonchev–Trinajstić information content (AvgIpc) is 3.48. The van der Waals surface area contributed by atoms with Crippen molar-refractivity contribution in [1.29, 1.82) is 0 Å². The molecule has 57 heavy (non-hydrogen) atoms. The molecule has 12 heteroatoms. The van der Waals surface area contributed by atoms with Crippen LogP contribution in [0.1, 0.15) is 54.4 Å². The van der Waals surface area contributed by atoms with Gasteiger partial charge in [0.05, 0.1) is 42.1 Å². The molecule has 0 radical (unpaired) electrons. The van der Waals surface area contributed by atoms with Gasteiger partial charge in [0.25, 0.3) is 11.8 Å². The molecule has 0 aliphatic carbocycles. The number of methoxy groups -OCH3 is 2. The Kier molecular flexibility index (Phi) is 11.2. The number of fused-ring (bicyclic) bond motifs is 2. The number of aromatic nitrogens is 3. The number of anilines is 2. The monoisotopic (exact) mass is 764 g/mol. The van der Waals surface area contributed by atoms with Gasteiger partial charge in [-0.05, 0) is 91.9 Å². The quantitative estimate of drug-likeness (QED) is 0.121. The summed E-state index contributed by atoms with van der Waals surface area (Å²) in [5, 5.41) is 11.8. The van der Waals surface area contributed by atoms with Gasteiger partial charge >= 0.3 is 0 Å². The molecule has 0 spiro atoms. The number of nitrogens with zero attached hydrogens (tertiary/aromatic N) is 4. The van der Waals surface area contributed by atoms with Crippen molar-refractivity contribution in [2.45, 2.75) is 40.3 Å². The maximum atomic E-state index is 13.8. The summed E-state index contributed by atoms with van der Waals surface area (Å²) >= 11 is 0. The van der Waals surface area contributed by atoms with Crippen molar-refractivity contribution in [1.82, 2.24) is 19.7 Å². The molecule has 3 aromatic heterocycles. The number of hydrogen-bond acceptors (Lipinski definition) is 9. The first-order valence-electron chi connectivity index (χ1n) is 18.5. The molecule has 290 valence electrons. The van der Waals surface area contributed by atoms with E-state index in [-0.39, 0.29) is 28.0 Å². The van der Waals surface area contributed by atoms with Crippen molar-refractivity contribution in [2.24, 2.45) is 7.05 Å². The molecular weight excluding hydrogens is 721 g/mol. The molecule has 12 nitrogen and oxygen atoms in total. The standard InChI is InChI=1S/C45H44N6O6/c1-27-7-14-40-36(18-27)39(52)22-43(57-40)45(54)48-37-21-42(56-6)41(55-5)20-35(37)44(53)47-33-11-8-30(9-12-33)15-16-51(26-32-17-28(2)23-46-24-32)25-31-10-13-38-34(19-31)29(3)49-50(38)4/h7-14,17-24H,15-16,25-26H2,1-6H3,(H,47,53)(H,48,54). The minimum Gasteiger partial charge on any atom is -0.493 e. The molecule has 0 fully saturated rings. The zero-order chi connectivity index (χ0) is 40.2. The number of aryl methyl sites for hydroxylation is 4. The fourth-order valence-corrected chi connectivity index (χ4v) is 7.00. The topological polar surface area (TPSA) is 141 Å². The van der Waals surface area contributed by atoms with Gasteiger partial charge in [-0.3, -0.25) is 28.9 Å². The van der Waals surface area contributed by atoms with Crippen LogP contribution in [0.5, 0.6) is 11.5 Å². The van der Waals surface area contributed by atoms with Gasteiger partial charge in [0.2, 0.25) is 0 Å². The minimum absolute atomic E-state index is 0.116. The van der Waals surface area contributed by atoms with Crippen LogP contribution in [0.15, 0.2) is 107 Å². The molecule has 4 aromatic carbocycles. The molecule has 7 aromatic rings. The Labute approximate surface area is 330 Å². The highest BCUT2D eigenvalue weighted by molar-refractivity contribution is 6.12. The highest BCUT2D eigenvalue weighted by atomic mass is 16.5. The Bertz CT molecular complexity index is 2680. The molecule has 2 amide bonds. The van der Waals surface area contributed by atoms with Crippen LogP contribution < -0.4 is 25.5 Å². The van der Waals surface area contributed by atoms with Gasteiger partial charge in [-0.25, -0.2) is 0 Å². The van der Waals surface area contributed by atoms with Gasteiger partial charge < -0.3 is 24.5 Å². The van der Waals surface area contributed by atoms with Crippen molar-refractivity contribution in [3.63, 3.8) is 0 Å². The Balaban J connectivity index is 1.07. The maximum absolute atomic E-state index is 13.8. The fourth-order valence-electron chi connectivity index (χ4n) is 7.00. The number of benzene rings is 4. The second-order valence-corrected chi connectivity index (χ2v) is 14.2. The second-order valence-electron chi connectivity index (χ2n) is 14.2. The Morgan fingerprint density at radius 1 is 0.754 bits per heavy atom. The largest absolute Gasteiger partial charge is 0.493 e. The lowest BCUT2D eigenvalue weighted by atomic mass is 10.1. The summed E-state index contributed by atoms with van der Waals surface area (Å²) in [6.07, 6.45) is 4.56. The van der Waals surface area contributed by atoms with Gasteiger partial charge in [-0.2, -0.15) is 5.10 Å². The van der Waals surface area contributed by atoms with Gasteiger partial charge in [-0.15, -0.1) is 0 Å². The van der Waals surface area contributed by atoms with E-state index in [9.17, 15) is 14.4 Å².